The van der Waals surface area contributed by atoms with E-state index in [1.807, 2.05) is 54.6 Å². The number of hydrogen-bond acceptors (Lipinski definition) is 5. The van der Waals surface area contributed by atoms with Crippen LogP contribution in [0, 0.1) is 0 Å². The Morgan fingerprint density at radius 1 is 1.03 bits per heavy atom. The molecule has 4 rings (SSSR count). The largest absolute Gasteiger partial charge is 0.489 e. The Morgan fingerprint density at radius 2 is 1.78 bits per heavy atom. The molecule has 1 amide bonds. The first-order chi connectivity index (χ1) is 15.4. The summed E-state index contributed by atoms with van der Waals surface area (Å²) < 4.78 is 9.52. The van der Waals surface area contributed by atoms with Gasteiger partial charge in [-0.1, -0.05) is 42.5 Å². The zero-order valence-corrected chi connectivity index (χ0v) is 17.8. The van der Waals surface area contributed by atoms with Crippen molar-refractivity contribution in [3.05, 3.63) is 92.9 Å². The van der Waals surface area contributed by atoms with Crippen molar-refractivity contribution in [2.45, 2.75) is 19.7 Å². The average molecular weight is 433 g/mol. The Balaban J connectivity index is 1.42. The fourth-order valence-corrected chi connectivity index (χ4v) is 3.42. The van der Waals surface area contributed by atoms with E-state index in [2.05, 4.69) is 10.3 Å². The number of aryl methyl sites for hydroxylation is 2. The molecule has 2 aromatic heterocycles. The molecule has 0 atom stereocenters. The SMILES string of the molecule is Cn1cnc2c1c(=O)n(CC(=O)NCc1cccc(OCc3ccccc3)c1)c(=O)n2C. The van der Waals surface area contributed by atoms with Gasteiger partial charge in [0.25, 0.3) is 5.56 Å². The first-order valence-electron chi connectivity index (χ1n) is 10.1. The number of imidazole rings is 1. The van der Waals surface area contributed by atoms with Gasteiger partial charge in [0, 0.05) is 20.6 Å². The number of hydrogen-bond donors (Lipinski definition) is 1. The van der Waals surface area contributed by atoms with Gasteiger partial charge in [0.1, 0.15) is 18.9 Å². The number of aromatic nitrogens is 4. The molecule has 0 aliphatic rings. The van der Waals surface area contributed by atoms with E-state index >= 15 is 0 Å². The summed E-state index contributed by atoms with van der Waals surface area (Å²) in [5.74, 6) is 0.244. The lowest BCUT2D eigenvalue weighted by Gasteiger charge is -2.11. The molecule has 0 aliphatic carbocycles. The molecule has 2 heterocycles. The smallest absolute Gasteiger partial charge is 0.332 e. The number of carbonyl (C=O) groups is 1. The van der Waals surface area contributed by atoms with Crippen LogP contribution in [0.25, 0.3) is 11.2 Å². The summed E-state index contributed by atoms with van der Waals surface area (Å²) in [5, 5.41) is 2.75. The van der Waals surface area contributed by atoms with Crippen LogP contribution in [0.15, 0.2) is 70.5 Å². The highest BCUT2D eigenvalue weighted by atomic mass is 16.5. The van der Waals surface area contributed by atoms with Gasteiger partial charge in [-0.2, -0.15) is 0 Å². The summed E-state index contributed by atoms with van der Waals surface area (Å²) in [6.07, 6.45) is 1.46. The summed E-state index contributed by atoms with van der Waals surface area (Å²) >= 11 is 0. The monoisotopic (exact) mass is 433 g/mol. The van der Waals surface area contributed by atoms with Crippen molar-refractivity contribution in [2.75, 3.05) is 0 Å². The van der Waals surface area contributed by atoms with Crippen molar-refractivity contribution >= 4 is 17.1 Å². The Kier molecular flexibility index (Phi) is 5.89. The van der Waals surface area contributed by atoms with Crippen molar-refractivity contribution < 1.29 is 9.53 Å². The molecule has 0 saturated carbocycles. The number of nitrogens with one attached hydrogen (secondary N) is 1. The number of benzene rings is 2. The van der Waals surface area contributed by atoms with E-state index in [9.17, 15) is 14.4 Å². The van der Waals surface area contributed by atoms with E-state index in [1.54, 1.807) is 7.05 Å². The predicted molar refractivity (Wildman–Crippen MR) is 119 cm³/mol. The zero-order valence-electron chi connectivity index (χ0n) is 17.8. The van der Waals surface area contributed by atoms with Gasteiger partial charge < -0.3 is 14.6 Å². The standard InChI is InChI=1S/C23H23N5O4/c1-26-15-25-21-20(26)22(30)28(23(31)27(21)2)13-19(29)24-12-17-9-6-10-18(11-17)32-14-16-7-4-3-5-8-16/h3-11,15H,12-14H2,1-2H3,(H,24,29). The summed E-state index contributed by atoms with van der Waals surface area (Å²) in [4.78, 5) is 41.8. The number of nitrogens with zero attached hydrogens (tertiary/aromatic N) is 4. The molecule has 32 heavy (non-hydrogen) atoms. The molecule has 0 radical (unpaired) electrons. The highest BCUT2D eigenvalue weighted by Gasteiger charge is 2.16. The van der Waals surface area contributed by atoms with Gasteiger partial charge >= 0.3 is 5.69 Å². The lowest BCUT2D eigenvalue weighted by molar-refractivity contribution is -0.121. The summed E-state index contributed by atoms with van der Waals surface area (Å²) in [5.41, 5.74) is 1.31. The molecule has 4 aromatic rings. The highest BCUT2D eigenvalue weighted by Crippen LogP contribution is 2.15. The van der Waals surface area contributed by atoms with Crippen LogP contribution in [0.5, 0.6) is 5.75 Å². The Labute approximate surface area is 183 Å². The fourth-order valence-electron chi connectivity index (χ4n) is 3.42. The van der Waals surface area contributed by atoms with Crippen LogP contribution in [0.3, 0.4) is 0 Å². The second kappa shape index (κ2) is 8.93. The first-order valence-corrected chi connectivity index (χ1v) is 10.1. The second-order valence-corrected chi connectivity index (χ2v) is 7.46. The van der Waals surface area contributed by atoms with Crippen molar-refractivity contribution in [1.29, 1.82) is 0 Å². The molecule has 0 unspecified atom stereocenters. The molecular weight excluding hydrogens is 410 g/mol. The molecule has 9 heteroatoms. The molecule has 9 nitrogen and oxygen atoms in total. The van der Waals surface area contributed by atoms with Crippen LogP contribution in [0.4, 0.5) is 0 Å². The van der Waals surface area contributed by atoms with Crippen molar-refractivity contribution in [3.8, 4) is 5.75 Å². The third kappa shape index (κ3) is 4.31. The quantitative estimate of drug-likeness (QED) is 0.474. The molecule has 0 saturated heterocycles. The summed E-state index contributed by atoms with van der Waals surface area (Å²) in [6.45, 7) is 0.306. The van der Waals surface area contributed by atoms with E-state index in [-0.39, 0.29) is 24.3 Å². The molecule has 0 aliphatic heterocycles. The van der Waals surface area contributed by atoms with E-state index in [0.717, 1.165) is 15.7 Å². The molecule has 0 fully saturated rings. The number of amides is 1. The predicted octanol–water partition coefficient (Wildman–Crippen LogP) is 1.33. The molecule has 0 bridgehead atoms. The normalized spacial score (nSPS) is 10.9. The summed E-state index contributed by atoms with van der Waals surface area (Å²) in [7, 11) is 3.19. The van der Waals surface area contributed by atoms with Crippen LogP contribution in [-0.2, 0) is 38.6 Å². The minimum Gasteiger partial charge on any atom is -0.489 e. The van der Waals surface area contributed by atoms with E-state index in [4.69, 9.17) is 4.74 Å². The third-order valence-corrected chi connectivity index (χ3v) is 5.14. The molecule has 0 spiro atoms. The highest BCUT2D eigenvalue weighted by molar-refractivity contribution is 5.76. The zero-order chi connectivity index (χ0) is 22.7. The minimum absolute atomic E-state index is 0.240. The topological polar surface area (TPSA) is 100 Å². The molecule has 1 N–H and O–H groups in total. The Morgan fingerprint density at radius 3 is 2.56 bits per heavy atom. The van der Waals surface area contributed by atoms with Crippen LogP contribution in [0.1, 0.15) is 11.1 Å². The van der Waals surface area contributed by atoms with Gasteiger partial charge in [0.05, 0.1) is 6.33 Å². The first kappa shape index (κ1) is 21.1. The second-order valence-electron chi connectivity index (χ2n) is 7.46. The van der Waals surface area contributed by atoms with Gasteiger partial charge in [-0.05, 0) is 23.3 Å². The van der Waals surface area contributed by atoms with Crippen LogP contribution < -0.4 is 21.3 Å². The van der Waals surface area contributed by atoms with E-state index in [0.29, 0.717) is 12.4 Å². The average Bonchev–Trinajstić information content (AvgIpc) is 3.20. The van der Waals surface area contributed by atoms with Crippen LogP contribution >= 0.6 is 0 Å². The van der Waals surface area contributed by atoms with Gasteiger partial charge in [-0.25, -0.2) is 14.3 Å². The van der Waals surface area contributed by atoms with Gasteiger partial charge in [0.2, 0.25) is 5.91 Å². The number of fused-ring (bicyclic) bond motifs is 1. The Hall–Kier alpha value is -4.14. The van der Waals surface area contributed by atoms with Crippen molar-refractivity contribution in [3.63, 3.8) is 0 Å². The minimum atomic E-state index is -0.590. The molecule has 2 aromatic carbocycles. The molecular formula is C23H23N5O4. The maximum absolute atomic E-state index is 12.7. The molecule has 164 valence electrons. The van der Waals surface area contributed by atoms with Gasteiger partial charge in [0.15, 0.2) is 11.2 Å². The lowest BCUT2D eigenvalue weighted by atomic mass is 10.2. The number of ether oxygens (including phenoxy) is 1. The van der Waals surface area contributed by atoms with Crippen LogP contribution in [0.2, 0.25) is 0 Å². The number of rotatable bonds is 7. The lowest BCUT2D eigenvalue weighted by Crippen LogP contribution is -2.43. The van der Waals surface area contributed by atoms with Crippen LogP contribution in [-0.4, -0.2) is 24.6 Å². The fraction of sp³-hybridized carbons (Fsp3) is 0.217. The van der Waals surface area contributed by atoms with Gasteiger partial charge in [-0.3, -0.25) is 14.2 Å². The van der Waals surface area contributed by atoms with Crippen molar-refractivity contribution in [1.82, 2.24) is 24.0 Å². The maximum atomic E-state index is 12.7. The summed E-state index contributed by atoms with van der Waals surface area (Å²) in [6, 6.07) is 17.2. The van der Waals surface area contributed by atoms with Crippen molar-refractivity contribution in [2.24, 2.45) is 14.1 Å². The Bertz CT molecular complexity index is 1390. The third-order valence-electron chi connectivity index (χ3n) is 5.14. The van der Waals surface area contributed by atoms with Gasteiger partial charge in [-0.15, -0.1) is 0 Å². The van der Waals surface area contributed by atoms with E-state index < -0.39 is 17.2 Å². The maximum Gasteiger partial charge on any atom is 0.332 e. The number of carbonyl (C=O) groups excluding carboxylic acids is 1. The van der Waals surface area contributed by atoms with E-state index in [1.165, 1.54) is 22.5 Å².